The summed E-state index contributed by atoms with van der Waals surface area (Å²) in [6.07, 6.45) is 41.9. The molecule has 0 fully saturated rings. The van der Waals surface area contributed by atoms with Gasteiger partial charge in [0.1, 0.15) is 19.3 Å². The van der Waals surface area contributed by atoms with Crippen LogP contribution in [0.25, 0.3) is 0 Å². The van der Waals surface area contributed by atoms with Crippen LogP contribution in [0.1, 0.15) is 344 Å². The highest BCUT2D eigenvalue weighted by Gasteiger charge is 2.30. The van der Waals surface area contributed by atoms with E-state index in [0.717, 1.165) is 114 Å². The van der Waals surface area contributed by atoms with E-state index in [1.807, 2.05) is 0 Å². The zero-order valence-electron chi connectivity index (χ0n) is 58.1. The van der Waals surface area contributed by atoms with E-state index < -0.39 is 97.5 Å². The molecule has 17 nitrogen and oxygen atoms in total. The fourth-order valence-electron chi connectivity index (χ4n) is 10.5. The number of hydrogen-bond acceptors (Lipinski definition) is 15. The van der Waals surface area contributed by atoms with Gasteiger partial charge in [-0.05, 0) is 49.4 Å². The quantitative estimate of drug-likeness (QED) is 0.0222. The summed E-state index contributed by atoms with van der Waals surface area (Å²) in [5.74, 6) is 0.829. The van der Waals surface area contributed by atoms with Gasteiger partial charge in [0, 0.05) is 25.7 Å². The lowest BCUT2D eigenvalue weighted by Crippen LogP contribution is -2.30. The van der Waals surface area contributed by atoms with Crippen molar-refractivity contribution in [3.05, 3.63) is 0 Å². The Morgan fingerprint density at radius 3 is 0.798 bits per heavy atom. The maximum absolute atomic E-state index is 13.0. The average molecular weight is 1310 g/mol. The van der Waals surface area contributed by atoms with E-state index in [1.54, 1.807) is 0 Å². The minimum Gasteiger partial charge on any atom is -0.462 e. The molecule has 0 aliphatic rings. The van der Waals surface area contributed by atoms with Crippen molar-refractivity contribution in [2.75, 3.05) is 39.6 Å². The number of carbonyl (C=O) groups excluding carboxylic acids is 4. The molecule has 0 bridgehead atoms. The van der Waals surface area contributed by atoms with Crippen molar-refractivity contribution in [2.45, 2.75) is 363 Å². The third-order valence-electron chi connectivity index (χ3n) is 16.4. The summed E-state index contributed by atoms with van der Waals surface area (Å²) in [5.41, 5.74) is 0. The van der Waals surface area contributed by atoms with Gasteiger partial charge in [0.25, 0.3) is 0 Å². The van der Waals surface area contributed by atoms with E-state index in [2.05, 4.69) is 55.4 Å². The first kappa shape index (κ1) is 87.1. The molecule has 0 aromatic heterocycles. The van der Waals surface area contributed by atoms with Gasteiger partial charge in [0.05, 0.1) is 26.4 Å². The Morgan fingerprint density at radius 2 is 0.539 bits per heavy atom. The lowest BCUT2D eigenvalue weighted by atomic mass is 10.00. The summed E-state index contributed by atoms with van der Waals surface area (Å²) in [5, 5.41) is 10.6. The van der Waals surface area contributed by atoms with Gasteiger partial charge < -0.3 is 33.8 Å². The molecule has 0 saturated heterocycles. The van der Waals surface area contributed by atoms with Crippen molar-refractivity contribution in [3.63, 3.8) is 0 Å². The standard InChI is InChI=1S/C70H136O17P2/c1-9-63(8)49-41-33-28-29-35-43-51-68(73)81-57-66(86-69(74)52-44-36-26-20-16-18-23-31-39-47-61(4)5)59-85-89(78,79)83-55-64(71)54-82-88(76,77)84-58-65(87-70(75)53-45-37-27-21-24-32-40-48-62(6)7)56-80-67(72)50-42-34-25-19-15-13-11-10-12-14-17-22-30-38-46-60(2)3/h60-66,71H,9-59H2,1-8H3,(H,76,77)(H,78,79)/t63?,64-,65-,66-/m1/s1. The molecule has 6 atom stereocenters. The van der Waals surface area contributed by atoms with Gasteiger partial charge in [-0.15, -0.1) is 0 Å². The van der Waals surface area contributed by atoms with Crippen molar-refractivity contribution >= 4 is 39.5 Å². The first-order valence-corrected chi connectivity index (χ1v) is 39.2. The number of carbonyl (C=O) groups is 4. The number of phosphoric acid groups is 2. The highest BCUT2D eigenvalue weighted by molar-refractivity contribution is 7.47. The van der Waals surface area contributed by atoms with Crippen molar-refractivity contribution in [1.29, 1.82) is 0 Å². The maximum atomic E-state index is 13.0. The predicted molar refractivity (Wildman–Crippen MR) is 358 cm³/mol. The zero-order valence-corrected chi connectivity index (χ0v) is 59.8. The van der Waals surface area contributed by atoms with Crippen LogP contribution in [0.3, 0.4) is 0 Å². The number of rotatable bonds is 67. The third-order valence-corrected chi connectivity index (χ3v) is 18.3. The maximum Gasteiger partial charge on any atom is 0.472 e. The zero-order chi connectivity index (χ0) is 66.1. The number of esters is 4. The monoisotopic (exact) mass is 1310 g/mol. The number of aliphatic hydroxyl groups excluding tert-OH is 1. The van der Waals surface area contributed by atoms with Gasteiger partial charge in [0.15, 0.2) is 12.2 Å². The van der Waals surface area contributed by atoms with Gasteiger partial charge in [-0.25, -0.2) is 9.13 Å². The summed E-state index contributed by atoms with van der Waals surface area (Å²) in [4.78, 5) is 72.5. The van der Waals surface area contributed by atoms with Gasteiger partial charge in [0.2, 0.25) is 0 Å². The first-order valence-electron chi connectivity index (χ1n) is 36.2. The van der Waals surface area contributed by atoms with Gasteiger partial charge in [-0.1, -0.05) is 293 Å². The molecule has 0 aromatic rings. The smallest absolute Gasteiger partial charge is 0.462 e. The van der Waals surface area contributed by atoms with Crippen molar-refractivity contribution in [3.8, 4) is 0 Å². The van der Waals surface area contributed by atoms with Crippen molar-refractivity contribution in [1.82, 2.24) is 0 Å². The Kier molecular flexibility index (Phi) is 58.5. The van der Waals surface area contributed by atoms with E-state index in [-0.39, 0.29) is 25.7 Å². The van der Waals surface area contributed by atoms with Gasteiger partial charge in [-0.3, -0.25) is 37.3 Å². The molecule has 0 amide bonds. The van der Waals surface area contributed by atoms with Crippen LogP contribution in [0.4, 0.5) is 0 Å². The molecule has 0 saturated carbocycles. The SMILES string of the molecule is CCC(C)CCCCCCCCC(=O)OC[C@H](COP(=O)(O)OC[C@H](O)COP(=O)(O)OC[C@@H](COC(=O)CCCCCCCCCCCCCCCCC(C)C)OC(=O)CCCCCCCCCC(C)C)OC(=O)CCCCCCCCCCCC(C)C. The summed E-state index contributed by atoms with van der Waals surface area (Å²) >= 11 is 0. The Bertz CT molecular complexity index is 1770. The molecule has 3 unspecified atom stereocenters. The van der Waals surface area contributed by atoms with Crippen LogP contribution in [0.2, 0.25) is 0 Å². The largest absolute Gasteiger partial charge is 0.472 e. The molecule has 0 spiro atoms. The molecule has 19 heteroatoms. The predicted octanol–water partition coefficient (Wildman–Crippen LogP) is 19.7. The molecular formula is C70H136O17P2. The van der Waals surface area contributed by atoms with Crippen LogP contribution in [-0.2, 0) is 65.4 Å². The third kappa shape index (κ3) is 63.2. The molecule has 0 radical (unpaired) electrons. The molecule has 3 N–H and O–H groups in total. The van der Waals surface area contributed by atoms with Gasteiger partial charge >= 0.3 is 39.5 Å². The second-order valence-electron chi connectivity index (χ2n) is 26.9. The minimum absolute atomic E-state index is 0.103. The average Bonchev–Trinajstić information content (AvgIpc) is 3.62. The molecule has 0 aliphatic carbocycles. The highest BCUT2D eigenvalue weighted by Crippen LogP contribution is 2.45. The van der Waals surface area contributed by atoms with Crippen LogP contribution in [0.5, 0.6) is 0 Å². The van der Waals surface area contributed by atoms with E-state index in [1.165, 1.54) is 141 Å². The molecule has 0 heterocycles. The van der Waals surface area contributed by atoms with E-state index in [4.69, 9.17) is 37.0 Å². The fraction of sp³-hybridized carbons (Fsp3) is 0.943. The topological polar surface area (TPSA) is 237 Å². The minimum atomic E-state index is -4.95. The lowest BCUT2D eigenvalue weighted by Gasteiger charge is -2.21. The molecule has 0 rings (SSSR count). The number of ether oxygens (including phenoxy) is 4. The van der Waals surface area contributed by atoms with E-state index in [9.17, 15) is 43.2 Å². The normalized spacial score (nSPS) is 14.6. The Balaban J connectivity index is 5.21. The lowest BCUT2D eigenvalue weighted by molar-refractivity contribution is -0.161. The van der Waals surface area contributed by atoms with E-state index in [0.29, 0.717) is 31.6 Å². The second-order valence-corrected chi connectivity index (χ2v) is 29.8. The molecule has 528 valence electrons. The summed E-state index contributed by atoms with van der Waals surface area (Å²) in [7, 11) is -9.90. The van der Waals surface area contributed by atoms with Crippen LogP contribution in [0.15, 0.2) is 0 Å². The van der Waals surface area contributed by atoms with Crippen molar-refractivity contribution in [2.24, 2.45) is 23.7 Å². The van der Waals surface area contributed by atoms with Crippen LogP contribution in [0, 0.1) is 23.7 Å². The van der Waals surface area contributed by atoms with Crippen LogP contribution in [-0.4, -0.2) is 96.7 Å². The Morgan fingerprint density at radius 1 is 0.315 bits per heavy atom. The number of phosphoric ester groups is 2. The summed E-state index contributed by atoms with van der Waals surface area (Å²) < 4.78 is 68.2. The molecule has 0 aliphatic heterocycles. The second kappa shape index (κ2) is 59.8. The van der Waals surface area contributed by atoms with Crippen LogP contribution < -0.4 is 0 Å². The first-order chi connectivity index (χ1) is 42.6. The molecule has 89 heavy (non-hydrogen) atoms. The van der Waals surface area contributed by atoms with Crippen molar-refractivity contribution < 1.29 is 80.2 Å². The fourth-order valence-corrected chi connectivity index (χ4v) is 12.0. The molecular weight excluding hydrogens is 1170 g/mol. The van der Waals surface area contributed by atoms with E-state index >= 15 is 0 Å². The highest BCUT2D eigenvalue weighted by atomic mass is 31.2. The van der Waals surface area contributed by atoms with Gasteiger partial charge in [-0.2, -0.15) is 0 Å². The summed E-state index contributed by atoms with van der Waals surface area (Å²) in [6, 6.07) is 0. The Labute approximate surface area is 543 Å². The number of unbranched alkanes of at least 4 members (excludes halogenated alkanes) is 32. The Hall–Kier alpha value is -1.94. The number of aliphatic hydroxyl groups is 1. The summed E-state index contributed by atoms with van der Waals surface area (Å²) in [6.45, 7) is 14.0. The molecule has 0 aromatic carbocycles. The van der Waals surface area contributed by atoms with Crippen LogP contribution >= 0.6 is 15.6 Å². The number of hydrogen-bond donors (Lipinski definition) is 3.